The van der Waals surface area contributed by atoms with E-state index < -0.39 is 34.4 Å². The molecule has 0 unspecified atom stereocenters. The molecule has 2 heterocycles. The number of fused-ring (bicyclic) bond motifs is 1. The van der Waals surface area contributed by atoms with E-state index in [0.29, 0.717) is 18.8 Å². The zero-order chi connectivity index (χ0) is 26.4. The van der Waals surface area contributed by atoms with Crippen LogP contribution in [0.5, 0.6) is 0 Å². The Labute approximate surface area is 212 Å². The van der Waals surface area contributed by atoms with E-state index in [9.17, 15) is 9.59 Å². The number of hydrogen-bond acceptors (Lipinski definition) is 7. The molecule has 10 heteroatoms. The number of benzene rings is 2. The van der Waals surface area contributed by atoms with Crippen molar-refractivity contribution in [2.45, 2.75) is 19.9 Å². The van der Waals surface area contributed by atoms with Gasteiger partial charge in [-0.15, -0.1) is 0 Å². The quantitative estimate of drug-likeness (QED) is 0.168. The minimum atomic E-state index is -1.07. The molecule has 4 aromatic rings. The first-order valence-electron chi connectivity index (χ1n) is 11.9. The monoisotopic (exact) mass is 507 g/mol. The van der Waals surface area contributed by atoms with Crippen molar-refractivity contribution in [2.24, 2.45) is 0 Å². The Kier molecular flexibility index (Phi) is 7.97. The maximum absolute atomic E-state index is 16.0. The van der Waals surface area contributed by atoms with Crippen LogP contribution in [0.1, 0.15) is 23.0 Å². The van der Waals surface area contributed by atoms with Crippen molar-refractivity contribution in [1.29, 1.82) is 0 Å². The molecule has 8 nitrogen and oxygen atoms in total. The molecule has 2 aromatic heterocycles. The van der Waals surface area contributed by atoms with Crippen LogP contribution >= 0.6 is 0 Å². The molecule has 4 N–H and O–H groups in total. The minimum Gasteiger partial charge on any atom is -0.461 e. The number of aromatic nitrogens is 2. The molecule has 0 aliphatic carbocycles. The summed E-state index contributed by atoms with van der Waals surface area (Å²) in [4.78, 5) is 29.8. The van der Waals surface area contributed by atoms with Crippen LogP contribution in [0, 0.1) is 11.6 Å². The summed E-state index contributed by atoms with van der Waals surface area (Å²) in [5, 5.41) is 5.44. The predicted octanol–water partition coefficient (Wildman–Crippen LogP) is 4.20. The molecule has 0 aliphatic rings. The van der Waals surface area contributed by atoms with Crippen LogP contribution in [0.2, 0.25) is 0 Å². The first kappa shape index (κ1) is 25.6. The van der Waals surface area contributed by atoms with Gasteiger partial charge in [0.25, 0.3) is 0 Å². The average molecular weight is 508 g/mol. The van der Waals surface area contributed by atoms with E-state index in [2.05, 4.69) is 15.6 Å². The second-order valence-electron chi connectivity index (χ2n) is 8.21. The number of hydrogen-bond donors (Lipinski definition) is 3. The van der Waals surface area contributed by atoms with E-state index >= 15 is 8.78 Å². The van der Waals surface area contributed by atoms with Gasteiger partial charge in [-0.05, 0) is 31.0 Å². The van der Waals surface area contributed by atoms with Crippen LogP contribution in [0.25, 0.3) is 10.9 Å². The van der Waals surface area contributed by atoms with E-state index in [-0.39, 0.29) is 36.3 Å². The molecule has 192 valence electrons. The van der Waals surface area contributed by atoms with Gasteiger partial charge in [-0.1, -0.05) is 36.4 Å². The summed E-state index contributed by atoms with van der Waals surface area (Å²) in [7, 11) is 0. The number of pyridine rings is 2. The fourth-order valence-corrected chi connectivity index (χ4v) is 4.09. The van der Waals surface area contributed by atoms with Gasteiger partial charge in [-0.25, -0.2) is 18.6 Å². The molecule has 4 rings (SSSR count). The van der Waals surface area contributed by atoms with Crippen molar-refractivity contribution in [1.82, 2.24) is 9.55 Å². The Morgan fingerprint density at radius 3 is 2.49 bits per heavy atom. The van der Waals surface area contributed by atoms with Crippen molar-refractivity contribution in [3.63, 3.8) is 0 Å². The smallest absolute Gasteiger partial charge is 0.355 e. The standard InChI is InChI=1S/C27H27F2N5O3/c1-2-37-27(36)18-16-19(35)21-24(30)22(28)25(33-14-13-32-20-10-6-7-12-31-20)23(29)26(21)34(18)15-11-17-8-4-3-5-9-17/h3-10,12,16,33H,2,11,13-15,30H2,1H3,(H,31,32). The highest BCUT2D eigenvalue weighted by atomic mass is 19.1. The lowest BCUT2D eigenvalue weighted by atomic mass is 10.1. The number of halogens is 2. The number of carbonyl (C=O) groups is 1. The van der Waals surface area contributed by atoms with E-state index in [1.165, 1.54) is 4.57 Å². The van der Waals surface area contributed by atoms with Crippen molar-refractivity contribution < 1.29 is 18.3 Å². The largest absolute Gasteiger partial charge is 0.461 e. The van der Waals surface area contributed by atoms with Crippen molar-refractivity contribution in [2.75, 3.05) is 36.1 Å². The van der Waals surface area contributed by atoms with Crippen LogP contribution in [0.4, 0.5) is 26.0 Å². The fourth-order valence-electron chi connectivity index (χ4n) is 4.09. The van der Waals surface area contributed by atoms with Crippen molar-refractivity contribution >= 4 is 34.1 Å². The Morgan fingerprint density at radius 2 is 1.78 bits per heavy atom. The summed E-state index contributed by atoms with van der Waals surface area (Å²) in [5.74, 6) is -2.27. The van der Waals surface area contributed by atoms with Gasteiger partial charge >= 0.3 is 5.97 Å². The maximum atomic E-state index is 16.0. The summed E-state index contributed by atoms with van der Waals surface area (Å²) < 4.78 is 37.6. The highest BCUT2D eigenvalue weighted by molar-refractivity contribution is 5.98. The molecule has 0 bridgehead atoms. The first-order chi connectivity index (χ1) is 17.9. The van der Waals surface area contributed by atoms with Gasteiger partial charge in [0.05, 0.1) is 23.2 Å². The number of rotatable bonds is 10. The molecule has 0 aliphatic heterocycles. The summed E-state index contributed by atoms with van der Waals surface area (Å²) in [5.41, 5.74) is 4.79. The Bertz CT molecular complexity index is 1460. The summed E-state index contributed by atoms with van der Waals surface area (Å²) >= 11 is 0. The lowest BCUT2D eigenvalue weighted by Gasteiger charge is -2.20. The van der Waals surface area contributed by atoms with Gasteiger partial charge in [-0.2, -0.15) is 0 Å². The molecule has 0 atom stereocenters. The molecule has 0 saturated carbocycles. The number of ether oxygens (including phenoxy) is 1. The number of nitrogens with one attached hydrogen (secondary N) is 2. The number of aryl methyl sites for hydroxylation is 2. The van der Waals surface area contributed by atoms with Gasteiger partial charge in [0.15, 0.2) is 17.1 Å². The van der Waals surface area contributed by atoms with Crippen molar-refractivity contribution in [3.8, 4) is 0 Å². The Balaban J connectivity index is 1.76. The molecular weight excluding hydrogens is 480 g/mol. The maximum Gasteiger partial charge on any atom is 0.355 e. The number of nitrogens with zero attached hydrogens (tertiary/aromatic N) is 2. The number of anilines is 3. The van der Waals surface area contributed by atoms with E-state index in [1.807, 2.05) is 36.4 Å². The second-order valence-corrected chi connectivity index (χ2v) is 8.21. The summed E-state index contributed by atoms with van der Waals surface area (Å²) in [6.07, 6.45) is 2.04. The fraction of sp³-hybridized carbons (Fsp3) is 0.222. The topological polar surface area (TPSA) is 111 Å². The highest BCUT2D eigenvalue weighted by Crippen LogP contribution is 2.33. The van der Waals surface area contributed by atoms with Gasteiger partial charge < -0.3 is 25.7 Å². The molecular formula is C27H27F2N5O3. The molecule has 0 fully saturated rings. The predicted molar refractivity (Wildman–Crippen MR) is 140 cm³/mol. The van der Waals surface area contributed by atoms with E-state index in [4.69, 9.17) is 10.5 Å². The third kappa shape index (κ3) is 5.53. The molecule has 0 amide bonds. The number of nitrogens with two attached hydrogens (primary N) is 1. The summed E-state index contributed by atoms with van der Waals surface area (Å²) in [6.45, 7) is 2.24. The third-order valence-corrected chi connectivity index (χ3v) is 5.81. The number of nitrogen functional groups attached to an aromatic ring is 1. The van der Waals surface area contributed by atoms with Crippen LogP contribution in [-0.2, 0) is 17.7 Å². The van der Waals surface area contributed by atoms with Gasteiger partial charge in [0.2, 0.25) is 0 Å². The van der Waals surface area contributed by atoms with Crippen molar-refractivity contribution in [3.05, 3.63) is 93.9 Å². The van der Waals surface area contributed by atoms with Gasteiger partial charge in [-0.3, -0.25) is 4.79 Å². The van der Waals surface area contributed by atoms with E-state index in [1.54, 1.807) is 25.3 Å². The SMILES string of the molecule is CCOC(=O)c1cc(=O)c2c(N)c(F)c(NCCNc3ccccn3)c(F)c2n1CCc1ccccc1. The first-order valence-corrected chi connectivity index (χ1v) is 11.9. The lowest BCUT2D eigenvalue weighted by molar-refractivity contribution is 0.0513. The Morgan fingerprint density at radius 1 is 1.05 bits per heavy atom. The molecule has 0 radical (unpaired) electrons. The minimum absolute atomic E-state index is 0.0634. The molecule has 0 saturated heterocycles. The van der Waals surface area contributed by atoms with Crippen LogP contribution in [0.15, 0.2) is 65.6 Å². The lowest BCUT2D eigenvalue weighted by Crippen LogP contribution is -2.24. The van der Waals surface area contributed by atoms with Gasteiger partial charge in [0, 0.05) is 31.9 Å². The highest BCUT2D eigenvalue weighted by Gasteiger charge is 2.26. The number of esters is 1. The van der Waals surface area contributed by atoms with Crippen LogP contribution in [-0.4, -0.2) is 35.2 Å². The summed E-state index contributed by atoms with van der Waals surface area (Å²) in [6, 6.07) is 15.7. The normalized spacial score (nSPS) is 10.9. The van der Waals surface area contributed by atoms with Gasteiger partial charge in [0.1, 0.15) is 17.2 Å². The average Bonchev–Trinajstić information content (AvgIpc) is 2.91. The third-order valence-electron chi connectivity index (χ3n) is 5.81. The second kappa shape index (κ2) is 11.5. The Hall–Kier alpha value is -4.47. The molecule has 0 spiro atoms. The van der Waals surface area contributed by atoms with E-state index in [0.717, 1.165) is 11.6 Å². The van der Waals surface area contributed by atoms with Crippen LogP contribution in [0.3, 0.4) is 0 Å². The molecule has 37 heavy (non-hydrogen) atoms. The molecule has 2 aromatic carbocycles. The van der Waals surface area contributed by atoms with Crippen LogP contribution < -0.4 is 21.8 Å². The zero-order valence-electron chi connectivity index (χ0n) is 20.3. The number of carbonyl (C=O) groups excluding carboxylic acids is 1. The zero-order valence-corrected chi connectivity index (χ0v) is 20.3.